The minimum Gasteiger partial charge on any atom is -0.410 e. The van der Waals surface area contributed by atoms with Gasteiger partial charge in [0.1, 0.15) is 5.69 Å². The van der Waals surface area contributed by atoms with E-state index in [-0.39, 0.29) is 0 Å². The third-order valence-electron chi connectivity index (χ3n) is 2.64. The summed E-state index contributed by atoms with van der Waals surface area (Å²) in [5.41, 5.74) is 2.57. The molecule has 0 aliphatic rings. The molecular weight excluding hydrogens is 244 g/mol. The molecule has 4 heteroatoms. The summed E-state index contributed by atoms with van der Waals surface area (Å²) in [5.74, 6) is 0. The molecule has 0 aliphatic heterocycles. The van der Waals surface area contributed by atoms with Crippen molar-refractivity contribution < 1.29 is 5.21 Å². The van der Waals surface area contributed by atoms with Crippen LogP contribution in [0, 0.1) is 0 Å². The molecule has 0 bridgehead atoms. The Hall–Kier alpha value is -2.20. The van der Waals surface area contributed by atoms with E-state index in [2.05, 4.69) is 10.1 Å². The molecule has 0 fully saturated rings. The maximum Gasteiger partial charge on any atom is 0.182 e. The molecular formula is C14H10N2OS. The highest BCUT2D eigenvalue weighted by Gasteiger charge is 2.06. The van der Waals surface area contributed by atoms with Crippen molar-refractivity contribution in [1.82, 2.24) is 4.98 Å². The fourth-order valence-corrected chi connectivity index (χ4v) is 2.68. The average Bonchev–Trinajstić information content (AvgIpc) is 2.46. The van der Waals surface area contributed by atoms with E-state index in [0.29, 0.717) is 10.4 Å². The van der Waals surface area contributed by atoms with Crippen molar-refractivity contribution in [2.24, 2.45) is 5.16 Å². The first kappa shape index (κ1) is 10.9. The summed E-state index contributed by atoms with van der Waals surface area (Å²) in [6.45, 7) is 0. The number of aromatic nitrogens is 1. The molecule has 1 N–H and O–H groups in total. The van der Waals surface area contributed by atoms with Crippen LogP contribution in [0.1, 0.15) is 0 Å². The fraction of sp³-hybridized carbons (Fsp3) is 0. The van der Waals surface area contributed by atoms with Gasteiger partial charge in [0.2, 0.25) is 0 Å². The molecule has 1 heterocycles. The van der Waals surface area contributed by atoms with Gasteiger partial charge in [0.15, 0.2) is 4.67 Å². The lowest BCUT2D eigenvalue weighted by Crippen LogP contribution is -2.04. The van der Waals surface area contributed by atoms with Crippen molar-refractivity contribution in [2.75, 3.05) is 0 Å². The van der Waals surface area contributed by atoms with Gasteiger partial charge in [-0.05, 0) is 12.1 Å². The van der Waals surface area contributed by atoms with Crippen molar-refractivity contribution >= 4 is 21.6 Å². The average molecular weight is 254 g/mol. The largest absolute Gasteiger partial charge is 0.410 e. The van der Waals surface area contributed by atoms with Gasteiger partial charge in [-0.15, -0.1) is 11.3 Å². The smallest absolute Gasteiger partial charge is 0.182 e. The van der Waals surface area contributed by atoms with Crippen LogP contribution in [0.3, 0.4) is 0 Å². The van der Waals surface area contributed by atoms with Gasteiger partial charge < -0.3 is 5.21 Å². The molecule has 0 amide bonds. The van der Waals surface area contributed by atoms with Crippen LogP contribution in [0.2, 0.25) is 0 Å². The zero-order valence-electron chi connectivity index (χ0n) is 9.45. The number of hydrogen-bond donors (Lipinski definition) is 1. The van der Waals surface area contributed by atoms with E-state index in [1.807, 2.05) is 54.6 Å². The Morgan fingerprint density at radius 2 is 1.67 bits per heavy atom. The lowest BCUT2D eigenvalue weighted by molar-refractivity contribution is 0.304. The first-order valence-corrected chi connectivity index (χ1v) is 6.33. The van der Waals surface area contributed by atoms with E-state index in [0.717, 1.165) is 15.8 Å². The minimum absolute atomic E-state index is 0.528. The SMILES string of the molecule is O/N=c1/sc2ccccc2nc1-c1ccccc1. The Balaban J connectivity index is 2.35. The van der Waals surface area contributed by atoms with Crippen molar-refractivity contribution in [3.05, 3.63) is 59.3 Å². The van der Waals surface area contributed by atoms with Gasteiger partial charge in [0.05, 0.1) is 10.2 Å². The van der Waals surface area contributed by atoms with Crippen molar-refractivity contribution in [2.45, 2.75) is 0 Å². The summed E-state index contributed by atoms with van der Waals surface area (Å²) in [6, 6.07) is 17.6. The van der Waals surface area contributed by atoms with E-state index < -0.39 is 0 Å². The summed E-state index contributed by atoms with van der Waals surface area (Å²) >= 11 is 1.43. The first-order chi connectivity index (χ1) is 8.88. The summed E-state index contributed by atoms with van der Waals surface area (Å²) in [6.07, 6.45) is 0. The second kappa shape index (κ2) is 4.58. The summed E-state index contributed by atoms with van der Waals surface area (Å²) in [5, 5.41) is 12.5. The number of fused-ring (bicyclic) bond motifs is 1. The van der Waals surface area contributed by atoms with Gasteiger partial charge in [0.25, 0.3) is 0 Å². The topological polar surface area (TPSA) is 45.5 Å². The zero-order valence-corrected chi connectivity index (χ0v) is 10.3. The van der Waals surface area contributed by atoms with Gasteiger partial charge in [-0.25, -0.2) is 4.98 Å². The molecule has 18 heavy (non-hydrogen) atoms. The molecule has 0 saturated carbocycles. The molecule has 0 saturated heterocycles. The van der Waals surface area contributed by atoms with E-state index in [9.17, 15) is 0 Å². The molecule has 0 aliphatic carbocycles. The molecule has 0 spiro atoms. The van der Waals surface area contributed by atoms with Gasteiger partial charge in [-0.2, -0.15) is 0 Å². The van der Waals surface area contributed by atoms with Crippen molar-refractivity contribution in [3.8, 4) is 11.3 Å². The number of benzene rings is 2. The van der Waals surface area contributed by atoms with E-state index in [1.165, 1.54) is 11.3 Å². The number of para-hydroxylation sites is 1. The lowest BCUT2D eigenvalue weighted by Gasteiger charge is -2.02. The molecule has 3 rings (SSSR count). The third-order valence-corrected chi connectivity index (χ3v) is 3.68. The van der Waals surface area contributed by atoms with Crippen molar-refractivity contribution in [3.63, 3.8) is 0 Å². The second-order valence-corrected chi connectivity index (χ2v) is 4.83. The lowest BCUT2D eigenvalue weighted by atomic mass is 10.2. The number of hydrogen-bond acceptors (Lipinski definition) is 4. The van der Waals surface area contributed by atoms with Gasteiger partial charge in [-0.1, -0.05) is 47.6 Å². The monoisotopic (exact) mass is 254 g/mol. The molecule has 0 radical (unpaired) electrons. The van der Waals surface area contributed by atoms with Crippen molar-refractivity contribution in [1.29, 1.82) is 0 Å². The highest BCUT2D eigenvalue weighted by atomic mass is 32.1. The fourth-order valence-electron chi connectivity index (χ4n) is 1.81. The summed E-state index contributed by atoms with van der Waals surface area (Å²) in [7, 11) is 0. The molecule has 88 valence electrons. The molecule has 1 aromatic heterocycles. The van der Waals surface area contributed by atoms with E-state index in [1.54, 1.807) is 0 Å². The standard InChI is InChI=1S/C14H10N2OS/c17-16-14-13(10-6-2-1-3-7-10)15-11-8-4-5-9-12(11)18-14/h1-9,17H/b16-14+. The Morgan fingerprint density at radius 3 is 2.44 bits per heavy atom. The molecule has 0 atom stereocenters. The van der Waals surface area contributed by atoms with E-state index >= 15 is 0 Å². The van der Waals surface area contributed by atoms with Crippen LogP contribution in [0.15, 0.2) is 59.8 Å². The van der Waals surface area contributed by atoms with Crippen LogP contribution >= 0.6 is 11.3 Å². The molecule has 2 aromatic carbocycles. The van der Waals surface area contributed by atoms with E-state index in [4.69, 9.17) is 5.21 Å². The third kappa shape index (κ3) is 1.87. The highest BCUT2D eigenvalue weighted by Crippen LogP contribution is 2.19. The Bertz CT molecular complexity index is 750. The Labute approximate surface area is 108 Å². The summed E-state index contributed by atoms with van der Waals surface area (Å²) in [4.78, 5) is 4.57. The van der Waals surface area contributed by atoms with Crippen LogP contribution in [0.4, 0.5) is 0 Å². The Kier molecular flexibility index (Phi) is 2.78. The normalized spacial score (nSPS) is 11.9. The Morgan fingerprint density at radius 1 is 0.944 bits per heavy atom. The highest BCUT2D eigenvalue weighted by molar-refractivity contribution is 7.16. The zero-order chi connectivity index (χ0) is 12.4. The number of rotatable bonds is 1. The predicted octanol–water partition coefficient (Wildman–Crippen LogP) is 3.25. The van der Waals surface area contributed by atoms with Crippen LogP contribution in [0.5, 0.6) is 0 Å². The second-order valence-electron chi connectivity index (χ2n) is 3.80. The van der Waals surface area contributed by atoms with Crippen LogP contribution in [0.25, 0.3) is 21.5 Å². The minimum atomic E-state index is 0.528. The maximum absolute atomic E-state index is 9.13. The molecule has 0 unspecified atom stereocenters. The van der Waals surface area contributed by atoms with Crippen LogP contribution in [-0.2, 0) is 0 Å². The van der Waals surface area contributed by atoms with Gasteiger partial charge in [0, 0.05) is 5.56 Å². The quantitative estimate of drug-likeness (QED) is 0.535. The first-order valence-electron chi connectivity index (χ1n) is 5.52. The predicted molar refractivity (Wildman–Crippen MR) is 72.4 cm³/mol. The summed E-state index contributed by atoms with van der Waals surface area (Å²) < 4.78 is 1.53. The van der Waals surface area contributed by atoms with Crippen LogP contribution in [-0.4, -0.2) is 10.2 Å². The molecule has 3 nitrogen and oxygen atoms in total. The maximum atomic E-state index is 9.13. The van der Waals surface area contributed by atoms with Gasteiger partial charge in [-0.3, -0.25) is 0 Å². The number of nitrogens with zero attached hydrogens (tertiary/aromatic N) is 2. The molecule has 3 aromatic rings. The van der Waals surface area contributed by atoms with Gasteiger partial charge >= 0.3 is 0 Å². The van der Waals surface area contributed by atoms with Crippen LogP contribution < -0.4 is 4.67 Å².